The molecule has 0 amide bonds. The van der Waals surface area contributed by atoms with Gasteiger partial charge in [-0.3, -0.25) is 0 Å². The third-order valence-corrected chi connectivity index (χ3v) is 7.17. The lowest BCUT2D eigenvalue weighted by molar-refractivity contribution is 0.261. The Bertz CT molecular complexity index is 412. The summed E-state index contributed by atoms with van der Waals surface area (Å²) < 4.78 is 29.1. The van der Waals surface area contributed by atoms with Crippen LogP contribution in [0.3, 0.4) is 0 Å². The van der Waals surface area contributed by atoms with Gasteiger partial charge in [-0.1, -0.05) is 0 Å². The van der Waals surface area contributed by atoms with E-state index in [0.29, 0.717) is 36.7 Å². The first-order valence-corrected chi connectivity index (χ1v) is 9.84. The van der Waals surface area contributed by atoms with Gasteiger partial charge < -0.3 is 0 Å². The molecule has 2 saturated carbocycles. The van der Waals surface area contributed by atoms with Gasteiger partial charge in [0.1, 0.15) is 0 Å². The zero-order valence-electron chi connectivity index (χ0n) is 12.0. The maximum absolute atomic E-state index is 12.8. The second-order valence-corrected chi connectivity index (χ2v) is 8.95. The van der Waals surface area contributed by atoms with Crippen molar-refractivity contribution in [1.82, 2.24) is 8.61 Å². The lowest BCUT2D eigenvalue weighted by Gasteiger charge is -2.34. The van der Waals surface area contributed by atoms with Gasteiger partial charge in [-0.05, 0) is 56.3 Å². The predicted molar refractivity (Wildman–Crippen MR) is 81.0 cm³/mol. The standard InChI is InChI=1S/C14H25ClN2O2S/c15-9-12-5-7-16(8-6-12)20(18,19)17(10-13-1-2-13)11-14-3-4-14/h12-14H,1-11H2. The lowest BCUT2D eigenvalue weighted by Crippen LogP contribution is -2.48. The van der Waals surface area contributed by atoms with Crippen LogP contribution in [0, 0.1) is 17.8 Å². The molecule has 1 saturated heterocycles. The summed E-state index contributed by atoms with van der Waals surface area (Å²) in [5.74, 6) is 2.37. The molecule has 0 aromatic carbocycles. The summed E-state index contributed by atoms with van der Waals surface area (Å²) in [7, 11) is -3.24. The van der Waals surface area contributed by atoms with Crippen molar-refractivity contribution in [2.75, 3.05) is 32.1 Å². The third kappa shape index (κ3) is 3.67. The molecule has 3 aliphatic rings. The Hall–Kier alpha value is 0.160. The molecule has 4 nitrogen and oxygen atoms in total. The summed E-state index contributed by atoms with van der Waals surface area (Å²) in [6.45, 7) is 2.78. The second kappa shape index (κ2) is 6.11. The molecule has 1 heterocycles. The highest BCUT2D eigenvalue weighted by molar-refractivity contribution is 7.86. The molecule has 0 radical (unpaired) electrons. The lowest BCUT2D eigenvalue weighted by atomic mass is 10.0. The topological polar surface area (TPSA) is 40.6 Å². The number of hydrogen-bond acceptors (Lipinski definition) is 2. The average molecular weight is 321 g/mol. The molecule has 6 heteroatoms. The van der Waals surface area contributed by atoms with E-state index in [1.54, 1.807) is 8.61 Å². The first kappa shape index (κ1) is 15.1. The minimum absolute atomic E-state index is 0.489. The van der Waals surface area contributed by atoms with E-state index >= 15 is 0 Å². The third-order valence-electron chi connectivity index (χ3n) is 4.76. The average Bonchev–Trinajstić information content (AvgIpc) is 3.33. The molecule has 0 unspecified atom stereocenters. The van der Waals surface area contributed by atoms with E-state index in [1.165, 1.54) is 25.7 Å². The molecular weight excluding hydrogens is 296 g/mol. The van der Waals surface area contributed by atoms with Gasteiger partial charge in [0.25, 0.3) is 10.2 Å². The van der Waals surface area contributed by atoms with Crippen LogP contribution in [0.25, 0.3) is 0 Å². The number of piperidine rings is 1. The fourth-order valence-corrected chi connectivity index (χ4v) is 5.00. The monoisotopic (exact) mass is 320 g/mol. The Morgan fingerprint density at radius 1 is 0.900 bits per heavy atom. The molecule has 2 aliphatic carbocycles. The molecule has 3 fully saturated rings. The molecule has 1 aliphatic heterocycles. The predicted octanol–water partition coefficient (Wildman–Crippen LogP) is 2.30. The summed E-state index contributed by atoms with van der Waals surface area (Å²) in [5.41, 5.74) is 0. The normalized spacial score (nSPS) is 26.3. The molecule has 0 atom stereocenters. The van der Waals surface area contributed by atoms with Crippen LogP contribution in [0.1, 0.15) is 38.5 Å². The Morgan fingerprint density at radius 2 is 1.40 bits per heavy atom. The van der Waals surface area contributed by atoms with E-state index in [4.69, 9.17) is 11.6 Å². The van der Waals surface area contributed by atoms with Crippen molar-refractivity contribution in [2.24, 2.45) is 17.8 Å². The molecule has 3 rings (SSSR count). The molecule has 0 bridgehead atoms. The number of alkyl halides is 1. The van der Waals surface area contributed by atoms with Crippen molar-refractivity contribution in [3.05, 3.63) is 0 Å². The molecular formula is C14H25ClN2O2S. The molecule has 116 valence electrons. The van der Waals surface area contributed by atoms with Crippen molar-refractivity contribution < 1.29 is 8.42 Å². The fourth-order valence-electron chi connectivity index (χ4n) is 2.90. The van der Waals surface area contributed by atoms with Crippen LogP contribution in [0.4, 0.5) is 0 Å². The number of rotatable bonds is 7. The van der Waals surface area contributed by atoms with Crippen LogP contribution in [-0.4, -0.2) is 49.1 Å². The smallest absolute Gasteiger partial charge is 0.195 e. The van der Waals surface area contributed by atoms with Gasteiger partial charge in [0.15, 0.2) is 0 Å². The highest BCUT2D eigenvalue weighted by Gasteiger charge is 2.38. The Labute approximate surface area is 127 Å². The molecule has 0 aromatic rings. The van der Waals surface area contributed by atoms with Crippen LogP contribution < -0.4 is 0 Å². The summed E-state index contributed by atoms with van der Waals surface area (Å²) in [4.78, 5) is 0. The van der Waals surface area contributed by atoms with E-state index in [0.717, 1.165) is 25.9 Å². The van der Waals surface area contributed by atoms with Crippen molar-refractivity contribution >= 4 is 21.8 Å². The molecule has 0 N–H and O–H groups in total. The van der Waals surface area contributed by atoms with E-state index in [-0.39, 0.29) is 0 Å². The van der Waals surface area contributed by atoms with Gasteiger partial charge in [0.05, 0.1) is 0 Å². The van der Waals surface area contributed by atoms with E-state index in [2.05, 4.69) is 0 Å². The van der Waals surface area contributed by atoms with E-state index < -0.39 is 10.2 Å². The zero-order chi connectivity index (χ0) is 14.2. The number of hydrogen-bond donors (Lipinski definition) is 0. The maximum Gasteiger partial charge on any atom is 0.281 e. The summed E-state index contributed by atoms with van der Waals surface area (Å²) in [6.07, 6.45) is 6.61. The van der Waals surface area contributed by atoms with Gasteiger partial charge in [0.2, 0.25) is 0 Å². The van der Waals surface area contributed by atoms with Crippen LogP contribution in [-0.2, 0) is 10.2 Å². The Balaban J connectivity index is 1.63. The minimum Gasteiger partial charge on any atom is -0.195 e. The Kier molecular flexibility index (Phi) is 4.60. The summed E-state index contributed by atoms with van der Waals surface area (Å²) in [5, 5.41) is 0. The van der Waals surface area contributed by atoms with Crippen molar-refractivity contribution in [3.63, 3.8) is 0 Å². The van der Waals surface area contributed by atoms with E-state index in [9.17, 15) is 8.42 Å². The van der Waals surface area contributed by atoms with Crippen molar-refractivity contribution in [2.45, 2.75) is 38.5 Å². The van der Waals surface area contributed by atoms with E-state index in [1.807, 2.05) is 0 Å². The second-order valence-electron chi connectivity index (χ2n) is 6.71. The number of halogens is 1. The first-order chi connectivity index (χ1) is 9.59. The minimum atomic E-state index is -3.24. The highest BCUT2D eigenvalue weighted by atomic mass is 35.5. The van der Waals surface area contributed by atoms with Crippen LogP contribution in [0.5, 0.6) is 0 Å². The van der Waals surface area contributed by atoms with Crippen LogP contribution >= 0.6 is 11.6 Å². The number of nitrogens with zero attached hydrogens (tertiary/aromatic N) is 2. The van der Waals surface area contributed by atoms with Gasteiger partial charge in [0, 0.05) is 32.1 Å². The first-order valence-electron chi connectivity index (χ1n) is 7.90. The van der Waals surface area contributed by atoms with Gasteiger partial charge in [-0.15, -0.1) is 11.6 Å². The van der Waals surface area contributed by atoms with Gasteiger partial charge in [-0.25, -0.2) is 0 Å². The summed E-state index contributed by atoms with van der Waals surface area (Å²) in [6, 6.07) is 0. The Morgan fingerprint density at radius 3 is 1.80 bits per heavy atom. The van der Waals surface area contributed by atoms with Crippen LogP contribution in [0.15, 0.2) is 0 Å². The van der Waals surface area contributed by atoms with Crippen molar-refractivity contribution in [1.29, 1.82) is 0 Å². The zero-order valence-corrected chi connectivity index (χ0v) is 13.6. The van der Waals surface area contributed by atoms with Crippen LogP contribution in [0.2, 0.25) is 0 Å². The van der Waals surface area contributed by atoms with Gasteiger partial charge in [-0.2, -0.15) is 17.0 Å². The largest absolute Gasteiger partial charge is 0.281 e. The van der Waals surface area contributed by atoms with Gasteiger partial charge >= 0.3 is 0 Å². The quantitative estimate of drug-likeness (QED) is 0.675. The SMILES string of the molecule is O=S(=O)(N1CCC(CCl)CC1)N(CC1CC1)CC1CC1. The van der Waals surface area contributed by atoms with Crippen molar-refractivity contribution in [3.8, 4) is 0 Å². The molecule has 0 aromatic heterocycles. The fraction of sp³-hybridized carbons (Fsp3) is 1.00. The highest BCUT2D eigenvalue weighted by Crippen LogP contribution is 2.35. The molecule has 20 heavy (non-hydrogen) atoms. The molecule has 0 spiro atoms. The maximum atomic E-state index is 12.8. The summed E-state index contributed by atoms with van der Waals surface area (Å²) >= 11 is 5.88.